The predicted molar refractivity (Wildman–Crippen MR) is 77.5 cm³/mol. The summed E-state index contributed by atoms with van der Waals surface area (Å²) in [6.07, 6.45) is 0. The summed E-state index contributed by atoms with van der Waals surface area (Å²) >= 11 is 1.54. The molecule has 1 saturated heterocycles. The van der Waals surface area contributed by atoms with Gasteiger partial charge in [-0.15, -0.1) is 11.3 Å². The second-order valence-corrected chi connectivity index (χ2v) is 5.17. The van der Waals surface area contributed by atoms with E-state index in [1.165, 1.54) is 11.3 Å². The number of anilines is 2. The van der Waals surface area contributed by atoms with E-state index in [1.807, 2.05) is 23.6 Å². The number of urea groups is 1. The fourth-order valence-corrected chi connectivity index (χ4v) is 2.94. The summed E-state index contributed by atoms with van der Waals surface area (Å²) in [4.78, 5) is 26.2. The molecule has 0 unspecified atom stereocenters. The Kier molecular flexibility index (Phi) is 3.39. The third-order valence-corrected chi connectivity index (χ3v) is 3.99. The third kappa shape index (κ3) is 2.25. The number of amides is 2. The van der Waals surface area contributed by atoms with E-state index in [4.69, 9.17) is 4.74 Å². The van der Waals surface area contributed by atoms with E-state index in [1.54, 1.807) is 28.0 Å². The van der Waals surface area contributed by atoms with Gasteiger partial charge in [-0.1, -0.05) is 6.07 Å². The first-order chi connectivity index (χ1) is 9.79. The highest BCUT2D eigenvalue weighted by Crippen LogP contribution is 2.29. The van der Waals surface area contributed by atoms with Crippen LogP contribution in [0.15, 0.2) is 41.8 Å². The third-order valence-electron chi connectivity index (χ3n) is 3.09. The zero-order chi connectivity index (χ0) is 13.9. The van der Waals surface area contributed by atoms with Crippen molar-refractivity contribution in [2.75, 3.05) is 22.9 Å². The first-order valence-corrected chi connectivity index (χ1v) is 7.00. The molecule has 3 rings (SSSR count). The van der Waals surface area contributed by atoms with Gasteiger partial charge in [-0.25, -0.2) is 4.79 Å². The Hall–Kier alpha value is -2.34. The SMILES string of the molecule is O=COc1cccc(N2CCN(c3cccs3)C2=O)c1. The fraction of sp³-hybridized carbons (Fsp3) is 0.143. The number of benzene rings is 1. The van der Waals surface area contributed by atoms with Crippen molar-refractivity contribution in [1.29, 1.82) is 0 Å². The number of hydrogen-bond donors (Lipinski definition) is 0. The standard InChI is InChI=1S/C14H12N2O3S/c17-10-19-12-4-1-3-11(9-12)15-6-7-16(14(15)18)13-5-2-8-20-13/h1-5,8-10H,6-7H2. The van der Waals surface area contributed by atoms with Crippen LogP contribution in [0.5, 0.6) is 5.75 Å². The van der Waals surface area contributed by atoms with Crippen molar-refractivity contribution in [3.05, 3.63) is 41.8 Å². The van der Waals surface area contributed by atoms with Crippen molar-refractivity contribution >= 4 is 34.5 Å². The number of carbonyl (C=O) groups excluding carboxylic acids is 2. The molecule has 2 heterocycles. The molecule has 0 bridgehead atoms. The molecule has 0 radical (unpaired) electrons. The van der Waals surface area contributed by atoms with Crippen molar-refractivity contribution in [2.45, 2.75) is 0 Å². The molecule has 1 aromatic heterocycles. The van der Waals surface area contributed by atoms with Crippen LogP contribution in [0.1, 0.15) is 0 Å². The van der Waals surface area contributed by atoms with Crippen LogP contribution in [0.25, 0.3) is 0 Å². The fourth-order valence-electron chi connectivity index (χ4n) is 2.18. The lowest BCUT2D eigenvalue weighted by Crippen LogP contribution is -2.31. The minimum absolute atomic E-state index is 0.0595. The Balaban J connectivity index is 1.83. The summed E-state index contributed by atoms with van der Waals surface area (Å²) < 4.78 is 4.81. The minimum atomic E-state index is -0.0595. The highest BCUT2D eigenvalue weighted by Gasteiger charge is 2.31. The number of rotatable bonds is 4. The molecule has 0 aliphatic carbocycles. The van der Waals surface area contributed by atoms with Gasteiger partial charge in [0.05, 0.1) is 5.00 Å². The van der Waals surface area contributed by atoms with E-state index in [2.05, 4.69) is 0 Å². The zero-order valence-corrected chi connectivity index (χ0v) is 11.4. The van der Waals surface area contributed by atoms with Crippen LogP contribution in [0.2, 0.25) is 0 Å². The van der Waals surface area contributed by atoms with E-state index < -0.39 is 0 Å². The summed E-state index contributed by atoms with van der Waals surface area (Å²) in [7, 11) is 0. The second-order valence-electron chi connectivity index (χ2n) is 4.25. The number of nitrogens with zero attached hydrogens (tertiary/aromatic N) is 2. The monoisotopic (exact) mass is 288 g/mol. The molecule has 102 valence electrons. The first kappa shape index (κ1) is 12.7. The van der Waals surface area contributed by atoms with Gasteiger partial charge in [0.1, 0.15) is 5.75 Å². The normalized spacial score (nSPS) is 14.7. The predicted octanol–water partition coefficient (Wildman–Crippen LogP) is 2.73. The smallest absolute Gasteiger partial charge is 0.329 e. The van der Waals surface area contributed by atoms with Gasteiger partial charge in [-0.05, 0) is 29.6 Å². The Bertz CT molecular complexity index is 627. The molecule has 0 saturated carbocycles. The van der Waals surface area contributed by atoms with Gasteiger partial charge in [0.15, 0.2) is 0 Å². The Morgan fingerprint density at radius 2 is 2.00 bits per heavy atom. The van der Waals surface area contributed by atoms with Gasteiger partial charge in [-0.2, -0.15) is 0 Å². The van der Waals surface area contributed by atoms with Gasteiger partial charge in [0.25, 0.3) is 6.47 Å². The lowest BCUT2D eigenvalue weighted by molar-refractivity contribution is -0.120. The lowest BCUT2D eigenvalue weighted by Gasteiger charge is -2.17. The highest BCUT2D eigenvalue weighted by molar-refractivity contribution is 7.14. The van der Waals surface area contributed by atoms with Crippen LogP contribution in [0, 0.1) is 0 Å². The van der Waals surface area contributed by atoms with Crippen LogP contribution in [-0.2, 0) is 4.79 Å². The van der Waals surface area contributed by atoms with Crippen molar-refractivity contribution < 1.29 is 14.3 Å². The molecule has 1 fully saturated rings. The molecule has 2 amide bonds. The van der Waals surface area contributed by atoms with E-state index in [9.17, 15) is 9.59 Å². The molecule has 6 heteroatoms. The van der Waals surface area contributed by atoms with Gasteiger partial charge >= 0.3 is 6.03 Å². The van der Waals surface area contributed by atoms with Crippen molar-refractivity contribution in [2.24, 2.45) is 0 Å². The van der Waals surface area contributed by atoms with E-state index in [-0.39, 0.29) is 6.03 Å². The average Bonchev–Trinajstić information content (AvgIpc) is 3.08. The second kappa shape index (κ2) is 5.34. The molecular formula is C14H12N2O3S. The Morgan fingerprint density at radius 1 is 1.15 bits per heavy atom. The number of thiophene rings is 1. The van der Waals surface area contributed by atoms with Crippen molar-refractivity contribution in [3.8, 4) is 5.75 Å². The molecule has 0 atom stereocenters. The molecule has 2 aromatic rings. The maximum absolute atomic E-state index is 12.4. The molecular weight excluding hydrogens is 276 g/mol. The number of ether oxygens (including phenoxy) is 1. The molecule has 20 heavy (non-hydrogen) atoms. The summed E-state index contributed by atoms with van der Waals surface area (Å²) in [5, 5.41) is 2.89. The van der Waals surface area contributed by atoms with Gasteiger partial charge < -0.3 is 4.74 Å². The summed E-state index contributed by atoms with van der Waals surface area (Å²) in [5.41, 5.74) is 0.730. The maximum Gasteiger partial charge on any atom is 0.329 e. The quantitative estimate of drug-likeness (QED) is 0.813. The Labute approximate surface area is 120 Å². The minimum Gasteiger partial charge on any atom is -0.429 e. The van der Waals surface area contributed by atoms with Crippen LogP contribution < -0.4 is 14.5 Å². The van der Waals surface area contributed by atoms with Crippen LogP contribution >= 0.6 is 11.3 Å². The first-order valence-electron chi connectivity index (χ1n) is 6.12. The average molecular weight is 288 g/mol. The molecule has 1 aromatic carbocycles. The largest absolute Gasteiger partial charge is 0.429 e. The van der Waals surface area contributed by atoms with E-state index >= 15 is 0 Å². The molecule has 0 spiro atoms. The van der Waals surface area contributed by atoms with Gasteiger partial charge in [0, 0.05) is 24.8 Å². The summed E-state index contributed by atoms with van der Waals surface area (Å²) in [6.45, 7) is 1.64. The molecule has 1 aliphatic heterocycles. The van der Waals surface area contributed by atoms with Crippen molar-refractivity contribution in [3.63, 3.8) is 0 Å². The summed E-state index contributed by atoms with van der Waals surface area (Å²) in [6, 6.07) is 10.7. The molecule has 5 nitrogen and oxygen atoms in total. The van der Waals surface area contributed by atoms with Gasteiger partial charge in [0.2, 0.25) is 0 Å². The highest BCUT2D eigenvalue weighted by atomic mass is 32.1. The number of hydrogen-bond acceptors (Lipinski definition) is 4. The molecule has 1 aliphatic rings. The van der Waals surface area contributed by atoms with Crippen LogP contribution in [0.4, 0.5) is 15.5 Å². The lowest BCUT2D eigenvalue weighted by atomic mass is 10.3. The van der Waals surface area contributed by atoms with E-state index in [0.717, 1.165) is 10.7 Å². The topological polar surface area (TPSA) is 49.9 Å². The zero-order valence-electron chi connectivity index (χ0n) is 10.6. The Morgan fingerprint density at radius 3 is 2.75 bits per heavy atom. The maximum atomic E-state index is 12.4. The van der Waals surface area contributed by atoms with E-state index in [0.29, 0.717) is 25.3 Å². The number of carbonyl (C=O) groups is 2. The van der Waals surface area contributed by atoms with Gasteiger partial charge in [-0.3, -0.25) is 14.6 Å². The molecule has 0 N–H and O–H groups in total. The van der Waals surface area contributed by atoms with Crippen LogP contribution in [0.3, 0.4) is 0 Å². The van der Waals surface area contributed by atoms with Crippen molar-refractivity contribution in [1.82, 2.24) is 0 Å². The summed E-state index contributed by atoms with van der Waals surface area (Å²) in [5.74, 6) is 0.430. The van der Waals surface area contributed by atoms with Crippen LogP contribution in [-0.4, -0.2) is 25.6 Å².